The molecule has 0 atom stereocenters. The van der Waals surface area contributed by atoms with E-state index in [1.54, 1.807) is 38.5 Å². The van der Waals surface area contributed by atoms with Crippen LogP contribution in [0, 0.1) is 0 Å². The number of carboxylic acid groups (broad SMARTS) is 2. The Morgan fingerprint density at radius 1 is 0.684 bits per heavy atom. The van der Waals surface area contributed by atoms with Gasteiger partial charge in [-0.15, -0.1) is 0 Å². The Bertz CT molecular complexity index is 1770. The third kappa shape index (κ3) is 21.0. The Kier molecular flexibility index (Phi) is 28.4. The van der Waals surface area contributed by atoms with Crippen molar-refractivity contribution in [2.45, 2.75) is 67.5 Å². The molecule has 4 aromatic rings. The van der Waals surface area contributed by atoms with E-state index in [-0.39, 0.29) is 47.1 Å². The van der Waals surface area contributed by atoms with Gasteiger partial charge in [0.05, 0.1) is 18.7 Å². The predicted molar refractivity (Wildman–Crippen MR) is 225 cm³/mol. The number of ether oxygens (including phenoxy) is 2. The number of nitrogens with zero attached hydrogens (tertiary/aromatic N) is 2. The number of hydrogen-bond donors (Lipinski definition) is 4. The molecule has 4 N–H and O–H groups in total. The van der Waals surface area contributed by atoms with Gasteiger partial charge in [0, 0.05) is 78.9 Å². The first-order valence-corrected chi connectivity index (χ1v) is 17.9. The van der Waals surface area contributed by atoms with Crippen molar-refractivity contribution >= 4 is 52.3 Å². The van der Waals surface area contributed by atoms with E-state index in [1.807, 2.05) is 64.4 Å². The molecule has 57 heavy (non-hydrogen) atoms. The van der Waals surface area contributed by atoms with Crippen molar-refractivity contribution in [3.63, 3.8) is 0 Å². The van der Waals surface area contributed by atoms with Crippen LogP contribution in [0.2, 0.25) is 0 Å². The topological polar surface area (TPSA) is 174 Å². The Labute approximate surface area is 359 Å². The number of carboxylic acids is 2. The molecular formula is C42H56BBrN2O10Pd. The summed E-state index contributed by atoms with van der Waals surface area (Å²) in [5, 5.41) is 32.0. The van der Waals surface area contributed by atoms with Crippen LogP contribution < -0.4 is 14.9 Å². The van der Waals surface area contributed by atoms with E-state index in [0.717, 1.165) is 78.0 Å². The monoisotopic (exact) mass is 944 g/mol. The van der Waals surface area contributed by atoms with Crippen molar-refractivity contribution in [3.8, 4) is 22.6 Å². The van der Waals surface area contributed by atoms with Crippen molar-refractivity contribution < 1.29 is 69.3 Å². The summed E-state index contributed by atoms with van der Waals surface area (Å²) in [6.07, 6.45) is 3.33. The minimum atomic E-state index is -1.34. The van der Waals surface area contributed by atoms with Crippen molar-refractivity contribution in [1.82, 2.24) is 9.80 Å². The molecule has 2 heterocycles. The Morgan fingerprint density at radius 3 is 1.44 bits per heavy atom. The number of methoxy groups -OCH3 is 2. The number of carbonyl (C=O) groups excluding carboxylic acids is 2. The second-order valence-electron chi connectivity index (χ2n) is 12.0. The number of halogens is 1. The quantitative estimate of drug-likeness (QED) is 0.136. The van der Waals surface area contributed by atoms with Crippen LogP contribution in [0.1, 0.15) is 65.5 Å². The molecule has 12 nitrogen and oxygen atoms in total. The maximum Gasteiger partial charge on any atom is 0.488 e. The van der Waals surface area contributed by atoms with Crippen LogP contribution in [0.15, 0.2) is 102 Å². The molecule has 2 aliphatic rings. The van der Waals surface area contributed by atoms with E-state index in [9.17, 15) is 9.59 Å². The van der Waals surface area contributed by atoms with Gasteiger partial charge in [-0.1, -0.05) is 87.6 Å². The maximum absolute atomic E-state index is 11.8. The molecule has 0 bridgehead atoms. The summed E-state index contributed by atoms with van der Waals surface area (Å²) in [5.41, 5.74) is 5.00. The molecule has 314 valence electrons. The van der Waals surface area contributed by atoms with E-state index in [1.165, 1.54) is 0 Å². The third-order valence-corrected chi connectivity index (χ3v) is 8.37. The maximum atomic E-state index is 11.8. The van der Waals surface area contributed by atoms with E-state index < -0.39 is 19.1 Å². The number of carbonyl (C=O) groups is 4. The average molecular weight is 946 g/mol. The molecule has 0 aliphatic carbocycles. The van der Waals surface area contributed by atoms with Gasteiger partial charge in [0.15, 0.2) is 0 Å². The molecular weight excluding hydrogens is 890 g/mol. The molecule has 2 amide bonds. The zero-order valence-electron chi connectivity index (χ0n) is 31.3. The van der Waals surface area contributed by atoms with Crippen LogP contribution in [0.5, 0.6) is 11.5 Å². The zero-order chi connectivity index (χ0) is 40.0. The van der Waals surface area contributed by atoms with Crippen LogP contribution in [-0.4, -0.2) is 88.2 Å². The Hall–Kier alpha value is -4.51. The molecule has 2 aliphatic heterocycles. The van der Waals surface area contributed by atoms with Gasteiger partial charge in [-0.3, -0.25) is 19.2 Å². The number of benzene rings is 4. The molecule has 0 saturated carbocycles. The minimum absolute atomic E-state index is 0. The van der Waals surface area contributed by atoms with Gasteiger partial charge in [-0.2, -0.15) is 0 Å². The number of hydrogen-bond acceptors (Lipinski definition) is 8. The molecule has 2 fully saturated rings. The average Bonchev–Trinajstić information content (AvgIpc) is 3.75. The van der Waals surface area contributed by atoms with E-state index >= 15 is 0 Å². The van der Waals surface area contributed by atoms with Crippen LogP contribution in [0.25, 0.3) is 11.1 Å². The van der Waals surface area contributed by atoms with Crippen molar-refractivity contribution in [2.75, 3.05) is 27.3 Å². The molecule has 0 spiro atoms. The SMILES string of the molecule is C.C.CC(=O)O.CC(=O)O.COc1ccc(CN2CCCC2=O)cc1-c1ccccc1.COc1ccc(CN2CCCC2=O)cc1Br.OB(O)c1ccccc1.[Pd]. The van der Waals surface area contributed by atoms with E-state index in [0.29, 0.717) is 31.4 Å². The Morgan fingerprint density at radius 2 is 1.09 bits per heavy atom. The van der Waals surface area contributed by atoms with E-state index in [2.05, 4.69) is 34.1 Å². The zero-order valence-corrected chi connectivity index (χ0v) is 34.4. The largest absolute Gasteiger partial charge is 0.496 e. The second-order valence-corrected chi connectivity index (χ2v) is 12.9. The summed E-state index contributed by atoms with van der Waals surface area (Å²) in [6.45, 7) is 5.29. The first-order chi connectivity index (χ1) is 25.7. The number of likely N-dealkylation sites (tertiary alicyclic amines) is 2. The summed E-state index contributed by atoms with van der Waals surface area (Å²) >= 11 is 3.44. The standard InChI is InChI=1S/C18H19NO2.C12H14BrNO2.C6H7BO2.2C2H4O2.2CH4.Pd/c1-21-17-10-9-14(13-19-11-5-8-18(19)20)12-16(17)15-6-3-2-4-7-15;1-16-11-5-4-9(7-10(11)13)8-14-6-2-3-12(14)15;8-7(9)6-4-2-1-3-5-6;2*1-2(3)4;;;/h2-4,6-7,9-10,12H,5,8,11,13H2,1H3;4-5,7H,2-3,6,8H2,1H3;1-5,8-9H;2*1H3,(H,3,4);2*1H4;. The summed E-state index contributed by atoms with van der Waals surface area (Å²) in [7, 11) is 1.99. The fraction of sp³-hybridized carbons (Fsp3) is 0.333. The summed E-state index contributed by atoms with van der Waals surface area (Å²) in [5.74, 6) is 0.521. The van der Waals surface area contributed by atoms with Gasteiger partial charge in [0.2, 0.25) is 11.8 Å². The summed E-state index contributed by atoms with van der Waals surface area (Å²) in [6, 6.07) is 30.9. The van der Waals surface area contributed by atoms with Crippen LogP contribution in [-0.2, 0) is 52.7 Å². The summed E-state index contributed by atoms with van der Waals surface area (Å²) in [4.78, 5) is 45.1. The number of aliphatic carboxylic acids is 2. The first-order valence-electron chi connectivity index (χ1n) is 17.2. The van der Waals surface area contributed by atoms with Crippen LogP contribution >= 0.6 is 15.9 Å². The van der Waals surface area contributed by atoms with Gasteiger partial charge in [0.1, 0.15) is 11.5 Å². The first kappa shape index (κ1) is 54.6. The van der Waals surface area contributed by atoms with Gasteiger partial charge >= 0.3 is 7.12 Å². The normalized spacial score (nSPS) is 12.1. The molecule has 0 unspecified atom stereocenters. The van der Waals surface area contributed by atoms with Crippen molar-refractivity contribution in [3.05, 3.63) is 113 Å². The molecule has 6 rings (SSSR count). The van der Waals surface area contributed by atoms with Crippen LogP contribution in [0.4, 0.5) is 0 Å². The van der Waals surface area contributed by atoms with Gasteiger partial charge in [-0.05, 0) is 75.2 Å². The fourth-order valence-electron chi connectivity index (χ4n) is 5.31. The Balaban J connectivity index is 0. The number of rotatable bonds is 8. The molecule has 2 saturated heterocycles. The van der Waals surface area contributed by atoms with Gasteiger partial charge in [0.25, 0.3) is 11.9 Å². The van der Waals surface area contributed by atoms with E-state index in [4.69, 9.17) is 39.3 Å². The fourth-order valence-corrected chi connectivity index (χ4v) is 5.90. The molecule has 0 aromatic heterocycles. The van der Waals surface area contributed by atoms with Crippen molar-refractivity contribution in [2.24, 2.45) is 0 Å². The second kappa shape index (κ2) is 29.7. The smallest absolute Gasteiger partial charge is 0.488 e. The minimum Gasteiger partial charge on any atom is -0.496 e. The van der Waals surface area contributed by atoms with Crippen LogP contribution in [0.3, 0.4) is 0 Å². The number of amides is 2. The van der Waals surface area contributed by atoms with Gasteiger partial charge in [-0.25, -0.2) is 0 Å². The third-order valence-electron chi connectivity index (χ3n) is 7.75. The molecule has 4 aromatic carbocycles. The predicted octanol–water partition coefficient (Wildman–Crippen LogP) is 6.88. The van der Waals surface area contributed by atoms with Crippen molar-refractivity contribution in [1.29, 1.82) is 0 Å². The van der Waals surface area contributed by atoms with Gasteiger partial charge < -0.3 is 39.5 Å². The molecule has 0 radical (unpaired) electrons. The summed E-state index contributed by atoms with van der Waals surface area (Å²) < 4.78 is 11.6. The molecule has 15 heteroatoms.